The second-order valence-electron chi connectivity index (χ2n) is 7.21. The number of nitrogens with one attached hydrogen (secondary N) is 2. The monoisotopic (exact) mass is 439 g/mol. The fraction of sp³-hybridized carbons (Fsp3) is 0.273. The fourth-order valence-electron chi connectivity index (χ4n) is 3.68. The lowest BCUT2D eigenvalue weighted by Crippen LogP contribution is -2.36. The molecule has 0 saturated carbocycles. The molecule has 0 unspecified atom stereocenters. The number of benzene rings is 2. The van der Waals surface area contributed by atoms with Gasteiger partial charge in [0.15, 0.2) is 0 Å². The van der Waals surface area contributed by atoms with Crippen LogP contribution in [0.2, 0.25) is 0 Å². The van der Waals surface area contributed by atoms with E-state index in [-0.39, 0.29) is 5.91 Å². The van der Waals surface area contributed by atoms with Gasteiger partial charge in [-0.25, -0.2) is 0 Å². The molecule has 1 fully saturated rings. The molecule has 0 bridgehead atoms. The molecule has 1 saturated heterocycles. The highest BCUT2D eigenvalue weighted by Gasteiger charge is 2.27. The summed E-state index contributed by atoms with van der Waals surface area (Å²) < 4.78 is 0.821. The molecule has 2 N–H and O–H groups in total. The largest absolute Gasteiger partial charge is 0.361 e. The predicted molar refractivity (Wildman–Crippen MR) is 114 cm³/mol. The Labute approximate surface area is 172 Å². The molecule has 6 heteroatoms. The van der Waals surface area contributed by atoms with Gasteiger partial charge in [-0.1, -0.05) is 34.5 Å². The third-order valence-electron chi connectivity index (χ3n) is 5.18. The number of hydrogen-bond donors (Lipinski definition) is 2. The highest BCUT2D eigenvalue weighted by atomic mass is 79.9. The number of likely N-dealkylation sites (tertiary alicyclic amines) is 1. The van der Waals surface area contributed by atoms with Crippen LogP contribution in [-0.2, 0) is 11.3 Å². The van der Waals surface area contributed by atoms with E-state index >= 15 is 0 Å². The summed E-state index contributed by atoms with van der Waals surface area (Å²) >= 11 is 3.41. The van der Waals surface area contributed by atoms with Crippen molar-refractivity contribution in [3.05, 3.63) is 69.8 Å². The van der Waals surface area contributed by atoms with Crippen molar-refractivity contribution in [2.45, 2.75) is 25.8 Å². The highest BCUT2D eigenvalue weighted by Crippen LogP contribution is 2.27. The summed E-state index contributed by atoms with van der Waals surface area (Å²) in [5, 5.41) is 5.58. The number of carbonyl (C=O) groups is 2. The summed E-state index contributed by atoms with van der Waals surface area (Å²) in [5.41, 5.74) is 3.74. The van der Waals surface area contributed by atoms with E-state index in [1.165, 1.54) is 37.9 Å². The number of nitrogens with zero attached hydrogens (tertiary/aromatic N) is 1. The average Bonchev–Trinajstić information content (AvgIpc) is 2.69. The van der Waals surface area contributed by atoms with Crippen molar-refractivity contribution in [3.8, 4) is 0 Å². The summed E-state index contributed by atoms with van der Waals surface area (Å²) in [5.74, 6) is -0.767. The second-order valence-corrected chi connectivity index (χ2v) is 8.12. The predicted octanol–water partition coefficient (Wildman–Crippen LogP) is 4.16. The van der Waals surface area contributed by atoms with Crippen LogP contribution < -0.4 is 10.6 Å². The van der Waals surface area contributed by atoms with E-state index in [4.69, 9.17) is 0 Å². The Kier molecular flexibility index (Phi) is 5.59. The van der Waals surface area contributed by atoms with E-state index in [0.29, 0.717) is 16.7 Å². The minimum atomic E-state index is -0.398. The number of fused-ring (bicyclic) bond motifs is 1. The maximum absolute atomic E-state index is 12.3. The molecule has 4 rings (SSSR count). The van der Waals surface area contributed by atoms with Gasteiger partial charge in [-0.05, 0) is 61.8 Å². The molecule has 2 aliphatic rings. The molecule has 0 aliphatic carbocycles. The molecule has 5 nitrogen and oxygen atoms in total. The summed E-state index contributed by atoms with van der Waals surface area (Å²) in [6, 6.07) is 13.6. The minimum absolute atomic E-state index is 0.369. The van der Waals surface area contributed by atoms with E-state index in [1.807, 2.05) is 12.1 Å². The SMILES string of the molecule is O=C1NC(=O)c2ccc(Br)cc2/C1=C/Nc1ccc(CN2CCCCC2)cc1. The molecule has 28 heavy (non-hydrogen) atoms. The standard InChI is InChI=1S/C22H22BrN3O2/c23-16-6-9-18-19(12-16)20(22(28)25-21(18)27)13-24-17-7-4-15(5-8-17)14-26-10-2-1-3-11-26/h4-9,12-13,24H,1-3,10-11,14H2,(H,25,27,28)/b20-13-. The summed E-state index contributed by atoms with van der Waals surface area (Å²) in [4.78, 5) is 26.8. The van der Waals surface area contributed by atoms with Crippen LogP contribution in [-0.4, -0.2) is 29.8 Å². The Morgan fingerprint density at radius 2 is 1.71 bits per heavy atom. The number of piperidine rings is 1. The van der Waals surface area contributed by atoms with E-state index in [2.05, 4.69) is 43.6 Å². The molecule has 0 radical (unpaired) electrons. The van der Waals surface area contributed by atoms with E-state index in [9.17, 15) is 9.59 Å². The Bertz CT molecular complexity index is 931. The van der Waals surface area contributed by atoms with Crippen molar-refractivity contribution in [1.29, 1.82) is 0 Å². The topological polar surface area (TPSA) is 61.4 Å². The first kappa shape index (κ1) is 18.9. The lowest BCUT2D eigenvalue weighted by atomic mass is 9.95. The van der Waals surface area contributed by atoms with Gasteiger partial charge in [0.1, 0.15) is 0 Å². The van der Waals surface area contributed by atoms with E-state index in [1.54, 1.807) is 24.4 Å². The minimum Gasteiger partial charge on any atom is -0.361 e. The van der Waals surface area contributed by atoms with E-state index < -0.39 is 5.91 Å². The molecule has 0 aromatic heterocycles. The molecular weight excluding hydrogens is 418 g/mol. The highest BCUT2D eigenvalue weighted by molar-refractivity contribution is 9.10. The third-order valence-corrected chi connectivity index (χ3v) is 5.67. The van der Waals surface area contributed by atoms with Gasteiger partial charge in [0.2, 0.25) is 0 Å². The third kappa shape index (κ3) is 4.18. The van der Waals surface area contributed by atoms with E-state index in [0.717, 1.165) is 16.7 Å². The zero-order chi connectivity index (χ0) is 19.5. The van der Waals surface area contributed by atoms with Crippen molar-refractivity contribution in [2.24, 2.45) is 0 Å². The van der Waals surface area contributed by atoms with Gasteiger partial charge < -0.3 is 5.32 Å². The normalized spacial score (nSPS) is 18.7. The first-order valence-electron chi connectivity index (χ1n) is 9.54. The first-order valence-corrected chi connectivity index (χ1v) is 10.3. The van der Waals surface area contributed by atoms with Crippen LogP contribution in [0.1, 0.15) is 40.7 Å². The van der Waals surface area contributed by atoms with Gasteiger partial charge >= 0.3 is 0 Å². The first-order chi connectivity index (χ1) is 13.6. The summed E-state index contributed by atoms with van der Waals surface area (Å²) in [7, 11) is 0. The van der Waals surface area contributed by atoms with Crippen LogP contribution in [0.5, 0.6) is 0 Å². The molecular formula is C22H22BrN3O2. The fourth-order valence-corrected chi connectivity index (χ4v) is 4.04. The Hall–Kier alpha value is -2.44. The van der Waals surface area contributed by atoms with Crippen molar-refractivity contribution >= 4 is 39.0 Å². The van der Waals surface area contributed by atoms with Crippen molar-refractivity contribution in [3.63, 3.8) is 0 Å². The molecule has 2 aromatic carbocycles. The van der Waals surface area contributed by atoms with Gasteiger partial charge in [-0.2, -0.15) is 0 Å². The van der Waals surface area contributed by atoms with Crippen LogP contribution in [0.15, 0.2) is 53.1 Å². The number of hydrogen-bond acceptors (Lipinski definition) is 4. The van der Waals surface area contributed by atoms with Crippen molar-refractivity contribution < 1.29 is 9.59 Å². The summed E-state index contributed by atoms with van der Waals surface area (Å²) in [6.45, 7) is 3.33. The molecule has 0 spiro atoms. The zero-order valence-electron chi connectivity index (χ0n) is 15.5. The van der Waals surface area contributed by atoms with Gasteiger partial charge in [0.05, 0.1) is 5.57 Å². The molecule has 2 aromatic rings. The van der Waals surface area contributed by atoms with Gasteiger partial charge in [-0.15, -0.1) is 0 Å². The maximum atomic E-state index is 12.3. The van der Waals surface area contributed by atoms with Crippen LogP contribution in [0.25, 0.3) is 5.57 Å². The van der Waals surface area contributed by atoms with Gasteiger partial charge in [0.25, 0.3) is 11.8 Å². The number of rotatable bonds is 4. The van der Waals surface area contributed by atoms with Crippen LogP contribution >= 0.6 is 15.9 Å². The zero-order valence-corrected chi connectivity index (χ0v) is 17.1. The average molecular weight is 440 g/mol. The van der Waals surface area contributed by atoms with Crippen LogP contribution in [0, 0.1) is 0 Å². The molecule has 0 atom stereocenters. The quantitative estimate of drug-likeness (QED) is 0.554. The number of imide groups is 1. The molecule has 2 aliphatic heterocycles. The molecule has 2 heterocycles. The van der Waals surface area contributed by atoms with Crippen molar-refractivity contribution in [1.82, 2.24) is 10.2 Å². The van der Waals surface area contributed by atoms with Crippen LogP contribution in [0.3, 0.4) is 0 Å². The molecule has 2 amide bonds. The Morgan fingerprint density at radius 3 is 2.46 bits per heavy atom. The van der Waals surface area contributed by atoms with Gasteiger partial charge in [-0.3, -0.25) is 19.8 Å². The van der Waals surface area contributed by atoms with Gasteiger partial charge in [0, 0.05) is 34.0 Å². The lowest BCUT2D eigenvalue weighted by molar-refractivity contribution is -0.114. The Morgan fingerprint density at radius 1 is 0.964 bits per heavy atom. The smallest absolute Gasteiger partial charge is 0.260 e. The number of halogens is 1. The second kappa shape index (κ2) is 8.29. The number of carbonyl (C=O) groups excluding carboxylic acids is 2. The Balaban J connectivity index is 1.49. The molecule has 144 valence electrons. The number of anilines is 1. The lowest BCUT2D eigenvalue weighted by Gasteiger charge is -2.26. The summed E-state index contributed by atoms with van der Waals surface area (Å²) in [6.07, 6.45) is 5.57. The number of amides is 2. The van der Waals surface area contributed by atoms with Crippen LogP contribution in [0.4, 0.5) is 5.69 Å². The van der Waals surface area contributed by atoms with Crippen molar-refractivity contribution in [2.75, 3.05) is 18.4 Å². The maximum Gasteiger partial charge on any atom is 0.260 e.